The molecule has 1 heterocycles. The number of rotatable bonds is 3. The summed E-state index contributed by atoms with van der Waals surface area (Å²) in [5, 5.41) is 5.23. The number of hydrogen-bond donors (Lipinski definition) is 2. The molecular weight excluding hydrogens is 308 g/mol. The first-order valence-corrected chi connectivity index (χ1v) is 8.01. The summed E-state index contributed by atoms with van der Waals surface area (Å²) in [4.78, 5) is 39.3. The number of hydrogen-bond acceptors (Lipinski definition) is 4. The van der Waals surface area contributed by atoms with E-state index in [1.165, 1.54) is 11.8 Å². The van der Waals surface area contributed by atoms with Crippen molar-refractivity contribution in [3.8, 4) is 0 Å². The van der Waals surface area contributed by atoms with Gasteiger partial charge in [-0.25, -0.2) is 0 Å². The zero-order valence-electron chi connectivity index (χ0n) is 14.3. The van der Waals surface area contributed by atoms with Gasteiger partial charge in [-0.3, -0.25) is 14.4 Å². The summed E-state index contributed by atoms with van der Waals surface area (Å²) >= 11 is 0. The molecule has 3 amide bonds. The smallest absolute Gasteiger partial charge is 0.313 e. The van der Waals surface area contributed by atoms with E-state index >= 15 is 0 Å². The zero-order valence-corrected chi connectivity index (χ0v) is 14.3. The van der Waals surface area contributed by atoms with Gasteiger partial charge >= 0.3 is 11.8 Å². The van der Waals surface area contributed by atoms with E-state index in [0.717, 1.165) is 25.9 Å². The number of amides is 3. The van der Waals surface area contributed by atoms with Gasteiger partial charge in [-0.1, -0.05) is 6.07 Å². The minimum atomic E-state index is -0.670. The van der Waals surface area contributed by atoms with Crippen molar-refractivity contribution >= 4 is 29.1 Å². The molecule has 0 saturated carbocycles. The Labute approximate surface area is 142 Å². The van der Waals surface area contributed by atoms with Crippen LogP contribution in [0.15, 0.2) is 24.3 Å². The first kappa shape index (κ1) is 17.9. The molecule has 0 bridgehead atoms. The maximum Gasteiger partial charge on any atom is 0.313 e. The summed E-state index contributed by atoms with van der Waals surface area (Å²) in [5.41, 5.74) is 1.03. The Bertz CT molecular complexity index is 624. The van der Waals surface area contributed by atoms with Crippen LogP contribution in [-0.2, 0) is 14.4 Å². The molecule has 24 heavy (non-hydrogen) atoms. The number of piperidine rings is 1. The van der Waals surface area contributed by atoms with Crippen molar-refractivity contribution in [2.24, 2.45) is 0 Å². The Morgan fingerprint density at radius 2 is 1.71 bits per heavy atom. The van der Waals surface area contributed by atoms with E-state index in [1.807, 2.05) is 7.05 Å². The lowest BCUT2D eigenvalue weighted by Crippen LogP contribution is -2.47. The number of carbonyl (C=O) groups excluding carboxylic acids is 3. The van der Waals surface area contributed by atoms with Gasteiger partial charge in [0.15, 0.2) is 0 Å². The third-order valence-electron chi connectivity index (χ3n) is 4.19. The van der Waals surface area contributed by atoms with E-state index in [0.29, 0.717) is 11.4 Å². The highest BCUT2D eigenvalue weighted by atomic mass is 16.2. The summed E-state index contributed by atoms with van der Waals surface area (Å²) in [5.74, 6) is -1.41. The van der Waals surface area contributed by atoms with Crippen molar-refractivity contribution in [1.82, 2.24) is 9.80 Å². The molecule has 1 aromatic carbocycles. The number of carbonyl (C=O) groups is 3. The molecule has 7 nitrogen and oxygen atoms in total. The van der Waals surface area contributed by atoms with Crippen LogP contribution in [0.4, 0.5) is 11.4 Å². The SMILES string of the molecule is CC(=O)Nc1cccc(NC(=O)C(=O)N(C)C2CCN(C)CC2)c1. The Morgan fingerprint density at radius 3 is 2.29 bits per heavy atom. The summed E-state index contributed by atoms with van der Waals surface area (Å²) in [7, 11) is 3.72. The highest BCUT2D eigenvalue weighted by Crippen LogP contribution is 2.17. The molecule has 0 aliphatic carbocycles. The molecule has 0 spiro atoms. The van der Waals surface area contributed by atoms with Crippen molar-refractivity contribution in [2.75, 3.05) is 37.8 Å². The van der Waals surface area contributed by atoms with E-state index in [-0.39, 0.29) is 11.9 Å². The van der Waals surface area contributed by atoms with Gasteiger partial charge in [-0.2, -0.15) is 0 Å². The van der Waals surface area contributed by atoms with E-state index in [4.69, 9.17) is 0 Å². The van der Waals surface area contributed by atoms with Gasteiger partial charge in [0, 0.05) is 31.4 Å². The molecular formula is C17H24N4O3. The average molecular weight is 332 g/mol. The van der Waals surface area contributed by atoms with E-state index < -0.39 is 11.8 Å². The van der Waals surface area contributed by atoms with Gasteiger partial charge in [-0.15, -0.1) is 0 Å². The maximum absolute atomic E-state index is 12.3. The van der Waals surface area contributed by atoms with Crippen LogP contribution in [0.5, 0.6) is 0 Å². The minimum absolute atomic E-state index is 0.0881. The summed E-state index contributed by atoms with van der Waals surface area (Å²) in [6.45, 7) is 3.25. The van der Waals surface area contributed by atoms with Crippen molar-refractivity contribution in [3.63, 3.8) is 0 Å². The molecule has 7 heteroatoms. The molecule has 0 aromatic heterocycles. The van der Waals surface area contributed by atoms with Crippen LogP contribution in [0.3, 0.4) is 0 Å². The van der Waals surface area contributed by atoms with Gasteiger partial charge in [-0.05, 0) is 51.2 Å². The number of benzene rings is 1. The lowest BCUT2D eigenvalue weighted by atomic mass is 10.0. The summed E-state index contributed by atoms with van der Waals surface area (Å²) in [6.07, 6.45) is 1.73. The Balaban J connectivity index is 1.96. The number of nitrogens with one attached hydrogen (secondary N) is 2. The van der Waals surface area contributed by atoms with Gasteiger partial charge in [0.25, 0.3) is 0 Å². The van der Waals surface area contributed by atoms with Crippen LogP contribution in [-0.4, -0.2) is 60.7 Å². The van der Waals surface area contributed by atoms with Crippen LogP contribution in [0, 0.1) is 0 Å². The Hall–Kier alpha value is -2.41. The van der Waals surface area contributed by atoms with Crippen LogP contribution in [0.1, 0.15) is 19.8 Å². The quantitative estimate of drug-likeness (QED) is 0.813. The molecule has 2 N–H and O–H groups in total. The lowest BCUT2D eigenvalue weighted by molar-refractivity contribution is -0.144. The molecule has 1 fully saturated rings. The Morgan fingerprint density at radius 1 is 1.12 bits per heavy atom. The van der Waals surface area contributed by atoms with Crippen molar-refractivity contribution < 1.29 is 14.4 Å². The fourth-order valence-corrected chi connectivity index (χ4v) is 2.77. The van der Waals surface area contributed by atoms with Gasteiger partial charge in [0.2, 0.25) is 5.91 Å². The molecule has 1 aliphatic heterocycles. The summed E-state index contributed by atoms with van der Waals surface area (Å²) in [6, 6.07) is 6.79. The lowest BCUT2D eigenvalue weighted by Gasteiger charge is -2.34. The minimum Gasteiger partial charge on any atom is -0.334 e. The van der Waals surface area contributed by atoms with Gasteiger partial charge < -0.3 is 20.4 Å². The largest absolute Gasteiger partial charge is 0.334 e. The first-order valence-electron chi connectivity index (χ1n) is 8.01. The van der Waals surface area contributed by atoms with Crippen LogP contribution >= 0.6 is 0 Å². The predicted octanol–water partition coefficient (Wildman–Crippen LogP) is 1.14. The summed E-state index contributed by atoms with van der Waals surface area (Å²) < 4.78 is 0. The zero-order chi connectivity index (χ0) is 17.7. The number of likely N-dealkylation sites (tertiary alicyclic amines) is 1. The van der Waals surface area contributed by atoms with Crippen molar-refractivity contribution in [3.05, 3.63) is 24.3 Å². The second kappa shape index (κ2) is 7.92. The predicted molar refractivity (Wildman–Crippen MR) is 92.7 cm³/mol. The number of anilines is 2. The molecule has 0 atom stereocenters. The number of nitrogens with zero attached hydrogens (tertiary/aromatic N) is 2. The fraction of sp³-hybridized carbons (Fsp3) is 0.471. The normalized spacial score (nSPS) is 15.6. The molecule has 0 unspecified atom stereocenters. The van der Waals surface area contributed by atoms with Crippen LogP contribution < -0.4 is 10.6 Å². The fourth-order valence-electron chi connectivity index (χ4n) is 2.77. The second-order valence-electron chi connectivity index (χ2n) is 6.17. The van der Waals surface area contributed by atoms with Gasteiger partial charge in [0.1, 0.15) is 0 Å². The third kappa shape index (κ3) is 4.79. The van der Waals surface area contributed by atoms with Crippen LogP contribution in [0.25, 0.3) is 0 Å². The topological polar surface area (TPSA) is 81.8 Å². The highest BCUT2D eigenvalue weighted by Gasteiger charge is 2.27. The standard InChI is InChI=1S/C17H24N4O3/c1-12(22)18-13-5-4-6-14(11-13)19-16(23)17(24)21(3)15-7-9-20(2)10-8-15/h4-6,11,15H,7-10H2,1-3H3,(H,18,22)(H,19,23). The Kier molecular flexibility index (Phi) is 5.92. The van der Waals surface area contributed by atoms with Crippen LogP contribution in [0.2, 0.25) is 0 Å². The second-order valence-corrected chi connectivity index (χ2v) is 6.17. The average Bonchev–Trinajstić information content (AvgIpc) is 2.54. The molecule has 2 rings (SSSR count). The molecule has 1 aliphatic rings. The van der Waals surface area contributed by atoms with Crippen molar-refractivity contribution in [2.45, 2.75) is 25.8 Å². The van der Waals surface area contributed by atoms with E-state index in [2.05, 4.69) is 15.5 Å². The van der Waals surface area contributed by atoms with E-state index in [9.17, 15) is 14.4 Å². The molecule has 1 aromatic rings. The molecule has 0 radical (unpaired) electrons. The third-order valence-corrected chi connectivity index (χ3v) is 4.19. The van der Waals surface area contributed by atoms with Crippen molar-refractivity contribution in [1.29, 1.82) is 0 Å². The monoisotopic (exact) mass is 332 g/mol. The number of likely N-dealkylation sites (N-methyl/N-ethyl adjacent to an activating group) is 1. The molecule has 1 saturated heterocycles. The maximum atomic E-state index is 12.3. The highest BCUT2D eigenvalue weighted by molar-refractivity contribution is 6.39. The van der Waals surface area contributed by atoms with E-state index in [1.54, 1.807) is 31.3 Å². The molecule has 130 valence electrons. The first-order chi connectivity index (χ1) is 11.4. The van der Waals surface area contributed by atoms with Gasteiger partial charge in [0.05, 0.1) is 0 Å².